The molecule has 0 aliphatic carbocycles. The van der Waals surface area contributed by atoms with Crippen LogP contribution in [-0.4, -0.2) is 8.42 Å². The van der Waals surface area contributed by atoms with Crippen LogP contribution in [0.1, 0.15) is 24.1 Å². The second kappa shape index (κ2) is 7.89. The van der Waals surface area contributed by atoms with Crippen LogP contribution in [0.3, 0.4) is 0 Å². The van der Waals surface area contributed by atoms with Crippen LogP contribution in [0.4, 0.5) is 14.5 Å². The number of halogens is 3. The van der Waals surface area contributed by atoms with Crippen molar-refractivity contribution in [2.75, 3.05) is 4.31 Å². The normalized spacial score (nSPS) is 12.6. The Hall–Kier alpha value is -2.44. The number of nitrogens with zero attached hydrogens (tertiary/aromatic N) is 1. The number of aryl methyl sites for hydroxylation is 1. The minimum absolute atomic E-state index is 0.0685. The van der Waals surface area contributed by atoms with Crippen LogP contribution in [0.15, 0.2) is 71.6 Å². The van der Waals surface area contributed by atoms with E-state index in [1.54, 1.807) is 19.1 Å². The first-order chi connectivity index (χ1) is 13.2. The van der Waals surface area contributed by atoms with Gasteiger partial charge in [-0.1, -0.05) is 35.9 Å². The van der Waals surface area contributed by atoms with Crippen LogP contribution in [0.5, 0.6) is 0 Å². The van der Waals surface area contributed by atoms with E-state index in [4.69, 9.17) is 11.6 Å². The molecule has 0 aliphatic heterocycles. The molecule has 1 unspecified atom stereocenters. The van der Waals surface area contributed by atoms with Gasteiger partial charge in [0.05, 0.1) is 16.6 Å². The maximum atomic E-state index is 14.6. The first-order valence-corrected chi connectivity index (χ1v) is 10.3. The van der Waals surface area contributed by atoms with Gasteiger partial charge in [0.1, 0.15) is 11.6 Å². The first kappa shape index (κ1) is 20.3. The summed E-state index contributed by atoms with van der Waals surface area (Å²) in [5.74, 6) is -1.57. The fourth-order valence-electron chi connectivity index (χ4n) is 3.10. The molecule has 0 saturated carbocycles. The van der Waals surface area contributed by atoms with Gasteiger partial charge in [0.2, 0.25) is 0 Å². The zero-order valence-corrected chi connectivity index (χ0v) is 16.8. The lowest BCUT2D eigenvalue weighted by Crippen LogP contribution is -2.34. The lowest BCUT2D eigenvalue weighted by Gasteiger charge is -2.32. The highest BCUT2D eigenvalue weighted by molar-refractivity contribution is 7.92. The van der Waals surface area contributed by atoms with E-state index in [0.29, 0.717) is 10.6 Å². The summed E-state index contributed by atoms with van der Waals surface area (Å²) in [6, 6.07) is 14.7. The predicted molar refractivity (Wildman–Crippen MR) is 107 cm³/mol. The van der Waals surface area contributed by atoms with Crippen molar-refractivity contribution in [1.82, 2.24) is 0 Å². The standard InChI is InChI=1S/C21H18ClF2NO2S/c1-14-5-3-4-6-19(14)15(2)25(21-13-17(23)9-12-20(21)24)28(26,27)18-10-7-16(22)8-11-18/h3-13,15H,1-2H3. The summed E-state index contributed by atoms with van der Waals surface area (Å²) >= 11 is 5.87. The van der Waals surface area contributed by atoms with E-state index in [2.05, 4.69) is 0 Å². The average molecular weight is 422 g/mol. The van der Waals surface area contributed by atoms with Gasteiger partial charge in [-0.05, 0) is 61.4 Å². The molecule has 0 aliphatic rings. The minimum atomic E-state index is -4.21. The molecule has 0 amide bonds. The van der Waals surface area contributed by atoms with Crippen LogP contribution >= 0.6 is 11.6 Å². The van der Waals surface area contributed by atoms with Crippen molar-refractivity contribution in [3.05, 3.63) is 94.5 Å². The number of hydrogen-bond acceptors (Lipinski definition) is 2. The van der Waals surface area contributed by atoms with Gasteiger partial charge in [-0.15, -0.1) is 0 Å². The van der Waals surface area contributed by atoms with Gasteiger partial charge in [-0.2, -0.15) is 0 Å². The Morgan fingerprint density at radius 3 is 2.25 bits per heavy atom. The molecule has 0 saturated heterocycles. The molecule has 3 rings (SSSR count). The summed E-state index contributed by atoms with van der Waals surface area (Å²) in [6.07, 6.45) is 0. The smallest absolute Gasteiger partial charge is 0.256 e. The first-order valence-electron chi connectivity index (χ1n) is 8.52. The van der Waals surface area contributed by atoms with Gasteiger partial charge < -0.3 is 0 Å². The maximum absolute atomic E-state index is 14.6. The van der Waals surface area contributed by atoms with Crippen LogP contribution in [0, 0.1) is 18.6 Å². The van der Waals surface area contributed by atoms with Gasteiger partial charge >= 0.3 is 0 Å². The van der Waals surface area contributed by atoms with E-state index in [0.717, 1.165) is 28.1 Å². The SMILES string of the molecule is Cc1ccccc1C(C)N(c1cc(F)ccc1F)S(=O)(=O)c1ccc(Cl)cc1. The third-order valence-corrected chi connectivity index (χ3v) is 6.66. The van der Waals surface area contributed by atoms with Crippen molar-refractivity contribution in [3.63, 3.8) is 0 Å². The van der Waals surface area contributed by atoms with E-state index in [-0.39, 0.29) is 10.6 Å². The molecule has 0 fully saturated rings. The van der Waals surface area contributed by atoms with Crippen LogP contribution in [-0.2, 0) is 10.0 Å². The topological polar surface area (TPSA) is 37.4 Å². The highest BCUT2D eigenvalue weighted by Gasteiger charge is 2.33. The lowest BCUT2D eigenvalue weighted by atomic mass is 10.0. The summed E-state index contributed by atoms with van der Waals surface area (Å²) in [5, 5.41) is 0.370. The summed E-state index contributed by atoms with van der Waals surface area (Å²) in [5.41, 5.74) is 1.16. The van der Waals surface area contributed by atoms with Crippen molar-refractivity contribution in [1.29, 1.82) is 0 Å². The molecule has 0 bridgehead atoms. The fourth-order valence-corrected chi connectivity index (χ4v) is 4.86. The minimum Gasteiger partial charge on any atom is -0.256 e. The number of hydrogen-bond donors (Lipinski definition) is 0. The molecule has 0 heterocycles. The van der Waals surface area contributed by atoms with Crippen molar-refractivity contribution in [3.8, 4) is 0 Å². The monoisotopic (exact) mass is 421 g/mol. The number of sulfonamides is 1. The quantitative estimate of drug-likeness (QED) is 0.515. The largest absolute Gasteiger partial charge is 0.264 e. The third kappa shape index (κ3) is 3.88. The maximum Gasteiger partial charge on any atom is 0.264 e. The zero-order chi connectivity index (χ0) is 20.5. The second-order valence-electron chi connectivity index (χ2n) is 6.38. The molecular weight excluding hydrogens is 404 g/mol. The summed E-state index contributed by atoms with van der Waals surface area (Å²) in [6.45, 7) is 3.47. The predicted octanol–water partition coefficient (Wildman–Crippen LogP) is 5.88. The van der Waals surface area contributed by atoms with Crippen molar-refractivity contribution in [2.24, 2.45) is 0 Å². The Bertz CT molecular complexity index is 1100. The van der Waals surface area contributed by atoms with Gasteiger partial charge in [0.25, 0.3) is 10.0 Å². The number of anilines is 1. The van der Waals surface area contributed by atoms with E-state index in [1.807, 2.05) is 19.1 Å². The summed E-state index contributed by atoms with van der Waals surface area (Å²) in [4.78, 5) is -0.0685. The Morgan fingerprint density at radius 2 is 1.61 bits per heavy atom. The van der Waals surface area contributed by atoms with Gasteiger partial charge in [-0.25, -0.2) is 17.2 Å². The van der Waals surface area contributed by atoms with Crippen LogP contribution in [0.2, 0.25) is 5.02 Å². The Labute approximate surface area is 168 Å². The molecule has 3 nitrogen and oxygen atoms in total. The summed E-state index contributed by atoms with van der Waals surface area (Å²) in [7, 11) is -4.21. The van der Waals surface area contributed by atoms with Crippen molar-refractivity contribution in [2.45, 2.75) is 24.8 Å². The van der Waals surface area contributed by atoms with Crippen LogP contribution in [0.25, 0.3) is 0 Å². The van der Waals surface area contributed by atoms with E-state index in [1.165, 1.54) is 24.3 Å². The number of rotatable bonds is 5. The highest BCUT2D eigenvalue weighted by Crippen LogP contribution is 2.36. The Kier molecular flexibility index (Phi) is 5.72. The van der Waals surface area contributed by atoms with E-state index < -0.39 is 27.7 Å². The molecule has 146 valence electrons. The molecule has 0 aromatic heterocycles. The van der Waals surface area contributed by atoms with Crippen molar-refractivity contribution < 1.29 is 17.2 Å². The van der Waals surface area contributed by atoms with Crippen LogP contribution < -0.4 is 4.31 Å². The molecule has 0 spiro atoms. The zero-order valence-electron chi connectivity index (χ0n) is 15.2. The molecule has 0 radical (unpaired) electrons. The molecule has 0 N–H and O–H groups in total. The third-order valence-electron chi connectivity index (χ3n) is 4.51. The molecule has 7 heteroatoms. The average Bonchev–Trinajstić information content (AvgIpc) is 2.65. The van der Waals surface area contributed by atoms with Gasteiger partial charge in [-0.3, -0.25) is 4.31 Å². The Morgan fingerprint density at radius 1 is 0.964 bits per heavy atom. The summed E-state index contributed by atoms with van der Waals surface area (Å²) < 4.78 is 56.3. The second-order valence-corrected chi connectivity index (χ2v) is 8.63. The molecule has 3 aromatic carbocycles. The molecular formula is C21H18ClF2NO2S. The molecule has 28 heavy (non-hydrogen) atoms. The highest BCUT2D eigenvalue weighted by atomic mass is 35.5. The fraction of sp³-hybridized carbons (Fsp3) is 0.143. The van der Waals surface area contributed by atoms with Gasteiger partial charge in [0, 0.05) is 11.1 Å². The molecule has 1 atom stereocenters. The van der Waals surface area contributed by atoms with E-state index in [9.17, 15) is 17.2 Å². The van der Waals surface area contributed by atoms with Gasteiger partial charge in [0.15, 0.2) is 0 Å². The lowest BCUT2D eigenvalue weighted by molar-refractivity contribution is 0.570. The Balaban J connectivity index is 2.24. The van der Waals surface area contributed by atoms with E-state index >= 15 is 0 Å². The molecule has 3 aromatic rings. The van der Waals surface area contributed by atoms with Crippen molar-refractivity contribution >= 4 is 27.3 Å². The number of benzene rings is 3.